The van der Waals surface area contributed by atoms with Gasteiger partial charge in [-0.2, -0.15) is 0 Å². The molecule has 0 radical (unpaired) electrons. The molecule has 80 valence electrons. The van der Waals surface area contributed by atoms with Crippen LogP contribution in [0.15, 0.2) is 11.9 Å². The van der Waals surface area contributed by atoms with Gasteiger partial charge in [0.1, 0.15) is 0 Å². The van der Waals surface area contributed by atoms with Crippen LogP contribution >= 0.6 is 0 Å². The summed E-state index contributed by atoms with van der Waals surface area (Å²) in [5, 5.41) is 0. The van der Waals surface area contributed by atoms with Gasteiger partial charge in [-0.25, -0.2) is 0 Å². The Balaban J connectivity index is 2.02. The van der Waals surface area contributed by atoms with E-state index in [1.807, 2.05) is 0 Å². The molecule has 0 bridgehead atoms. The van der Waals surface area contributed by atoms with Crippen molar-refractivity contribution in [1.29, 1.82) is 0 Å². The number of hydrogen-bond donors (Lipinski definition) is 0. The molecule has 0 aromatic carbocycles. The third kappa shape index (κ3) is 1.75. The zero-order valence-electron chi connectivity index (χ0n) is 9.50. The van der Waals surface area contributed by atoms with E-state index in [1.165, 1.54) is 51.0 Å². The molecule has 1 saturated carbocycles. The minimum absolute atomic E-state index is 0.833. The molecule has 1 aliphatic carbocycles. The lowest BCUT2D eigenvalue weighted by Gasteiger charge is -2.33. The van der Waals surface area contributed by atoms with Crippen molar-refractivity contribution in [3.63, 3.8) is 0 Å². The second-order valence-electron chi connectivity index (χ2n) is 4.55. The zero-order chi connectivity index (χ0) is 9.97. The van der Waals surface area contributed by atoms with Gasteiger partial charge in [0.15, 0.2) is 0 Å². The van der Waals surface area contributed by atoms with Crippen LogP contribution in [0.25, 0.3) is 0 Å². The van der Waals surface area contributed by atoms with Gasteiger partial charge in [0, 0.05) is 26.2 Å². The summed E-state index contributed by atoms with van der Waals surface area (Å²) in [6.07, 6.45) is 9.40. The minimum atomic E-state index is 0.833. The molecule has 2 heteroatoms. The second kappa shape index (κ2) is 4.24. The summed E-state index contributed by atoms with van der Waals surface area (Å²) in [6.45, 7) is 4.60. The molecule has 0 aromatic rings. The van der Waals surface area contributed by atoms with Crippen molar-refractivity contribution >= 4 is 0 Å². The average molecular weight is 194 g/mol. The predicted molar refractivity (Wildman–Crippen MR) is 60.0 cm³/mol. The molecule has 0 unspecified atom stereocenters. The van der Waals surface area contributed by atoms with E-state index in [9.17, 15) is 0 Å². The Morgan fingerprint density at radius 1 is 1.14 bits per heavy atom. The van der Waals surface area contributed by atoms with Crippen LogP contribution in [0.4, 0.5) is 0 Å². The van der Waals surface area contributed by atoms with Crippen molar-refractivity contribution < 1.29 is 0 Å². The standard InChI is InChI=1S/C12H22N2/c1-3-12-13(2)9-10-14(12)11-7-5-4-6-8-11/h3,11H,4-10H2,1-2H3/b12-3+. The number of likely N-dealkylation sites (N-methyl/N-ethyl adjacent to an activating group) is 1. The van der Waals surface area contributed by atoms with E-state index in [4.69, 9.17) is 0 Å². The highest BCUT2D eigenvalue weighted by Gasteiger charge is 2.28. The molecule has 2 fully saturated rings. The Hall–Kier alpha value is -0.660. The summed E-state index contributed by atoms with van der Waals surface area (Å²) in [5.74, 6) is 1.46. The van der Waals surface area contributed by atoms with Crippen LogP contribution in [-0.2, 0) is 0 Å². The molecule has 2 aliphatic rings. The van der Waals surface area contributed by atoms with E-state index in [1.54, 1.807) is 0 Å². The van der Waals surface area contributed by atoms with Gasteiger partial charge in [-0.15, -0.1) is 0 Å². The maximum Gasteiger partial charge on any atom is 0.0996 e. The van der Waals surface area contributed by atoms with Gasteiger partial charge in [0.2, 0.25) is 0 Å². The molecule has 2 rings (SSSR count). The largest absolute Gasteiger partial charge is 0.360 e. The van der Waals surface area contributed by atoms with Crippen LogP contribution in [0.2, 0.25) is 0 Å². The van der Waals surface area contributed by atoms with Gasteiger partial charge in [-0.3, -0.25) is 0 Å². The molecule has 0 atom stereocenters. The Kier molecular flexibility index (Phi) is 2.99. The summed E-state index contributed by atoms with van der Waals surface area (Å²) in [4.78, 5) is 5.01. The quantitative estimate of drug-likeness (QED) is 0.632. The summed E-state index contributed by atoms with van der Waals surface area (Å²) in [5.41, 5.74) is 0. The SMILES string of the molecule is C/C=C1\N(C)CCN1C1CCCCC1. The monoisotopic (exact) mass is 194 g/mol. The van der Waals surface area contributed by atoms with Crippen molar-refractivity contribution in [3.05, 3.63) is 11.9 Å². The highest BCUT2D eigenvalue weighted by Crippen LogP contribution is 2.28. The average Bonchev–Trinajstić information content (AvgIpc) is 2.61. The number of allylic oxidation sites excluding steroid dienone is 1. The van der Waals surface area contributed by atoms with Gasteiger partial charge < -0.3 is 9.80 Å². The summed E-state index contributed by atoms with van der Waals surface area (Å²) in [7, 11) is 2.21. The Morgan fingerprint density at radius 2 is 1.86 bits per heavy atom. The first-order chi connectivity index (χ1) is 6.83. The first-order valence-corrected chi connectivity index (χ1v) is 5.97. The molecule has 0 aromatic heterocycles. The van der Waals surface area contributed by atoms with Crippen LogP contribution in [0.5, 0.6) is 0 Å². The number of nitrogens with zero attached hydrogens (tertiary/aromatic N) is 2. The van der Waals surface area contributed by atoms with Crippen molar-refractivity contribution in [2.45, 2.75) is 45.1 Å². The van der Waals surface area contributed by atoms with Crippen molar-refractivity contribution in [2.24, 2.45) is 0 Å². The first-order valence-electron chi connectivity index (χ1n) is 5.97. The molecule has 1 heterocycles. The predicted octanol–water partition coefficient (Wildman–Crippen LogP) is 2.43. The van der Waals surface area contributed by atoms with Crippen LogP contribution in [0.3, 0.4) is 0 Å². The van der Waals surface area contributed by atoms with Crippen molar-refractivity contribution in [2.75, 3.05) is 20.1 Å². The van der Waals surface area contributed by atoms with Crippen LogP contribution in [-0.4, -0.2) is 36.0 Å². The van der Waals surface area contributed by atoms with Crippen LogP contribution in [0, 0.1) is 0 Å². The van der Waals surface area contributed by atoms with E-state index >= 15 is 0 Å². The Morgan fingerprint density at radius 3 is 2.50 bits per heavy atom. The normalized spacial score (nSPS) is 27.7. The third-order valence-electron chi connectivity index (χ3n) is 3.64. The third-order valence-corrected chi connectivity index (χ3v) is 3.64. The van der Waals surface area contributed by atoms with Crippen molar-refractivity contribution in [1.82, 2.24) is 9.80 Å². The fraction of sp³-hybridized carbons (Fsp3) is 0.833. The zero-order valence-corrected chi connectivity index (χ0v) is 9.50. The lowest BCUT2D eigenvalue weighted by atomic mass is 9.94. The molecular weight excluding hydrogens is 172 g/mol. The molecular formula is C12H22N2. The molecule has 2 nitrogen and oxygen atoms in total. The highest BCUT2D eigenvalue weighted by molar-refractivity contribution is 5.05. The van der Waals surface area contributed by atoms with E-state index in [0.717, 1.165) is 6.04 Å². The summed E-state index contributed by atoms with van der Waals surface area (Å²) in [6, 6.07) is 0.833. The van der Waals surface area contributed by atoms with E-state index < -0.39 is 0 Å². The summed E-state index contributed by atoms with van der Waals surface area (Å²) >= 11 is 0. The topological polar surface area (TPSA) is 6.48 Å². The maximum absolute atomic E-state index is 2.62. The lowest BCUT2D eigenvalue weighted by Crippen LogP contribution is -2.34. The maximum atomic E-state index is 2.62. The fourth-order valence-electron chi connectivity index (χ4n) is 2.85. The fourth-order valence-corrected chi connectivity index (χ4v) is 2.85. The van der Waals surface area contributed by atoms with E-state index in [2.05, 4.69) is 29.8 Å². The van der Waals surface area contributed by atoms with Crippen LogP contribution < -0.4 is 0 Å². The van der Waals surface area contributed by atoms with E-state index in [0.29, 0.717) is 0 Å². The number of hydrogen-bond acceptors (Lipinski definition) is 2. The van der Waals surface area contributed by atoms with Gasteiger partial charge in [0.25, 0.3) is 0 Å². The van der Waals surface area contributed by atoms with E-state index in [-0.39, 0.29) is 0 Å². The van der Waals surface area contributed by atoms with Gasteiger partial charge >= 0.3 is 0 Å². The second-order valence-corrected chi connectivity index (χ2v) is 4.55. The van der Waals surface area contributed by atoms with Crippen molar-refractivity contribution in [3.8, 4) is 0 Å². The molecule has 0 spiro atoms. The molecule has 0 amide bonds. The molecule has 1 saturated heterocycles. The smallest absolute Gasteiger partial charge is 0.0996 e. The molecule has 0 N–H and O–H groups in total. The van der Waals surface area contributed by atoms with Gasteiger partial charge in [0.05, 0.1) is 5.82 Å². The number of rotatable bonds is 1. The minimum Gasteiger partial charge on any atom is -0.360 e. The molecule has 14 heavy (non-hydrogen) atoms. The molecule has 1 aliphatic heterocycles. The Labute approximate surface area is 87.6 Å². The van der Waals surface area contributed by atoms with Gasteiger partial charge in [-0.1, -0.05) is 19.3 Å². The highest BCUT2D eigenvalue weighted by atomic mass is 15.4. The summed E-state index contributed by atoms with van der Waals surface area (Å²) < 4.78 is 0. The first kappa shape index (κ1) is 9.88. The Bertz CT molecular complexity index is 216. The van der Waals surface area contributed by atoms with Gasteiger partial charge in [-0.05, 0) is 25.8 Å². The van der Waals surface area contributed by atoms with Crippen LogP contribution in [0.1, 0.15) is 39.0 Å². The lowest BCUT2D eigenvalue weighted by molar-refractivity contribution is 0.215.